The molecular formula is C28H30FN5O2. The lowest BCUT2D eigenvalue weighted by Gasteiger charge is -2.53. The summed E-state index contributed by atoms with van der Waals surface area (Å²) in [7, 11) is 1.77. The van der Waals surface area contributed by atoms with Gasteiger partial charge < -0.3 is 10.1 Å². The second kappa shape index (κ2) is 8.71. The molecule has 36 heavy (non-hydrogen) atoms. The van der Waals surface area contributed by atoms with E-state index in [0.29, 0.717) is 36.3 Å². The number of aromatic nitrogens is 4. The highest BCUT2D eigenvalue weighted by molar-refractivity contribution is 5.78. The first kappa shape index (κ1) is 23.2. The first-order valence-corrected chi connectivity index (χ1v) is 12.6. The van der Waals surface area contributed by atoms with Gasteiger partial charge in [-0.1, -0.05) is 0 Å². The quantitative estimate of drug-likeness (QED) is 0.441. The number of hydrogen-bond acceptors (Lipinski definition) is 6. The zero-order chi connectivity index (χ0) is 24.9. The zero-order valence-electron chi connectivity index (χ0n) is 20.7. The molecule has 0 radical (unpaired) electrons. The van der Waals surface area contributed by atoms with Gasteiger partial charge >= 0.3 is 0 Å². The fraction of sp³-hybridized carbons (Fsp3) is 0.429. The first-order valence-electron chi connectivity index (χ1n) is 12.6. The summed E-state index contributed by atoms with van der Waals surface area (Å²) < 4.78 is 22.8. The van der Waals surface area contributed by atoms with Gasteiger partial charge in [0.2, 0.25) is 0 Å². The van der Waals surface area contributed by atoms with Gasteiger partial charge in [-0.25, -0.2) is 9.37 Å². The Morgan fingerprint density at radius 3 is 2.78 bits per heavy atom. The second-order valence-corrected chi connectivity index (χ2v) is 10.5. The molecular weight excluding hydrogens is 457 g/mol. The third-order valence-electron chi connectivity index (χ3n) is 8.21. The normalized spacial score (nSPS) is 23.5. The molecule has 2 saturated heterocycles. The highest BCUT2D eigenvalue weighted by Gasteiger charge is 2.49. The zero-order valence-corrected chi connectivity index (χ0v) is 20.7. The predicted octanol–water partition coefficient (Wildman–Crippen LogP) is 4.13. The Morgan fingerprint density at radius 2 is 2.00 bits per heavy atom. The minimum Gasteiger partial charge on any atom is -0.373 e. The van der Waals surface area contributed by atoms with Gasteiger partial charge in [0.15, 0.2) is 0 Å². The van der Waals surface area contributed by atoms with Crippen LogP contribution in [0.15, 0.2) is 47.5 Å². The Labute approximate surface area is 208 Å². The molecule has 4 aromatic rings. The predicted molar refractivity (Wildman–Crippen MR) is 136 cm³/mol. The van der Waals surface area contributed by atoms with Crippen LogP contribution in [-0.2, 0) is 24.8 Å². The van der Waals surface area contributed by atoms with Crippen LogP contribution in [0.2, 0.25) is 0 Å². The van der Waals surface area contributed by atoms with Crippen molar-refractivity contribution in [2.45, 2.75) is 63.1 Å². The van der Waals surface area contributed by atoms with Crippen molar-refractivity contribution in [2.24, 2.45) is 7.05 Å². The van der Waals surface area contributed by atoms with Crippen LogP contribution in [0.4, 0.5) is 4.39 Å². The molecule has 0 spiro atoms. The lowest BCUT2D eigenvalue weighted by atomic mass is 9.69. The van der Waals surface area contributed by atoms with Gasteiger partial charge in [0.25, 0.3) is 5.56 Å². The molecule has 1 aliphatic carbocycles. The molecule has 0 unspecified atom stereocenters. The SMILES string of the molecule is Cc1ccc2ncc(F)c(CCC34CCC(NCc5cc6cccnc6n(C)c5=O)(CC3)CO4)c2n1. The van der Waals surface area contributed by atoms with E-state index in [4.69, 9.17) is 4.74 Å². The molecule has 2 aliphatic heterocycles. The average Bonchev–Trinajstić information content (AvgIpc) is 2.90. The monoisotopic (exact) mass is 487 g/mol. The van der Waals surface area contributed by atoms with E-state index in [1.165, 1.54) is 6.20 Å². The first-order chi connectivity index (χ1) is 17.4. The van der Waals surface area contributed by atoms with Crippen LogP contribution in [0.1, 0.15) is 48.9 Å². The van der Waals surface area contributed by atoms with Crippen LogP contribution in [-0.4, -0.2) is 37.3 Å². The molecule has 4 aromatic heterocycles. The number of pyridine rings is 4. The maximum absolute atomic E-state index is 14.7. The number of hydrogen-bond donors (Lipinski definition) is 1. The van der Waals surface area contributed by atoms with Crippen LogP contribution < -0.4 is 10.9 Å². The fourth-order valence-corrected chi connectivity index (χ4v) is 5.87. The molecule has 3 fully saturated rings. The molecule has 1 N–H and O–H groups in total. The standard InChI is InChI=1S/C28H30FN5O2/c1-18-5-6-23-24(33-18)21(22(29)16-31-23)7-8-28-11-9-27(10-12-28,17-36-28)32-15-20-14-19-4-3-13-30-25(19)34(2)26(20)35/h3-6,13-14,16,32H,7-12,15,17H2,1-2H3. The number of aryl methyl sites for hydroxylation is 3. The third-order valence-corrected chi connectivity index (χ3v) is 8.21. The van der Waals surface area contributed by atoms with Crippen molar-refractivity contribution in [1.29, 1.82) is 0 Å². The van der Waals surface area contributed by atoms with Gasteiger partial charge in [-0.15, -0.1) is 0 Å². The molecule has 1 saturated carbocycles. The molecule has 0 aromatic carbocycles. The van der Waals surface area contributed by atoms with Gasteiger partial charge in [-0.3, -0.25) is 19.3 Å². The third kappa shape index (κ3) is 3.98. The van der Waals surface area contributed by atoms with E-state index in [-0.39, 0.29) is 22.5 Å². The summed E-state index contributed by atoms with van der Waals surface area (Å²) in [6.45, 7) is 3.00. The van der Waals surface area contributed by atoms with Gasteiger partial charge in [0.05, 0.1) is 29.4 Å². The summed E-state index contributed by atoms with van der Waals surface area (Å²) in [4.78, 5) is 26.0. The van der Waals surface area contributed by atoms with Crippen molar-refractivity contribution in [2.75, 3.05) is 6.61 Å². The van der Waals surface area contributed by atoms with Crippen molar-refractivity contribution >= 4 is 22.1 Å². The van der Waals surface area contributed by atoms with Gasteiger partial charge in [0.1, 0.15) is 11.5 Å². The minimum absolute atomic E-state index is 0.0255. The molecule has 8 heteroatoms. The molecule has 0 atom stereocenters. The molecule has 7 nitrogen and oxygen atoms in total. The van der Waals surface area contributed by atoms with E-state index in [2.05, 4.69) is 20.3 Å². The summed E-state index contributed by atoms with van der Waals surface area (Å²) >= 11 is 0. The molecule has 6 heterocycles. The van der Waals surface area contributed by atoms with Crippen molar-refractivity contribution in [3.8, 4) is 0 Å². The van der Waals surface area contributed by atoms with Crippen LogP contribution in [0, 0.1) is 12.7 Å². The number of rotatable bonds is 6. The molecule has 7 rings (SSSR count). The van der Waals surface area contributed by atoms with E-state index in [1.807, 2.05) is 37.3 Å². The molecule has 3 aliphatic rings. The Morgan fingerprint density at radius 1 is 1.17 bits per heavy atom. The molecule has 0 amide bonds. The summed E-state index contributed by atoms with van der Waals surface area (Å²) in [6.07, 6.45) is 8.11. The Kier molecular flexibility index (Phi) is 5.61. The second-order valence-electron chi connectivity index (χ2n) is 10.5. The van der Waals surface area contributed by atoms with Crippen LogP contribution >= 0.6 is 0 Å². The Hall–Kier alpha value is -3.23. The van der Waals surface area contributed by atoms with Crippen molar-refractivity contribution in [1.82, 2.24) is 24.8 Å². The summed E-state index contributed by atoms with van der Waals surface area (Å²) in [5, 5.41) is 4.62. The highest BCUT2D eigenvalue weighted by atomic mass is 19.1. The number of halogens is 1. The number of fused-ring (bicyclic) bond motifs is 5. The highest BCUT2D eigenvalue weighted by Crippen LogP contribution is 2.46. The summed E-state index contributed by atoms with van der Waals surface area (Å²) in [5.41, 5.74) is 3.89. The lowest BCUT2D eigenvalue weighted by molar-refractivity contribution is -0.165. The Bertz CT molecular complexity index is 1500. The summed E-state index contributed by atoms with van der Waals surface area (Å²) in [5.74, 6) is -0.299. The van der Waals surface area contributed by atoms with Gasteiger partial charge in [0, 0.05) is 47.5 Å². The number of ether oxygens (including phenoxy) is 1. The van der Waals surface area contributed by atoms with Crippen LogP contribution in [0.5, 0.6) is 0 Å². The number of nitrogens with zero attached hydrogens (tertiary/aromatic N) is 4. The van der Waals surface area contributed by atoms with E-state index in [1.54, 1.807) is 17.8 Å². The lowest BCUT2D eigenvalue weighted by Crippen LogP contribution is -2.61. The van der Waals surface area contributed by atoms with E-state index in [9.17, 15) is 9.18 Å². The van der Waals surface area contributed by atoms with Crippen molar-refractivity contribution in [3.63, 3.8) is 0 Å². The van der Waals surface area contributed by atoms with E-state index in [0.717, 1.165) is 54.3 Å². The maximum atomic E-state index is 14.7. The summed E-state index contributed by atoms with van der Waals surface area (Å²) in [6, 6.07) is 9.60. The van der Waals surface area contributed by atoms with Crippen LogP contribution in [0.25, 0.3) is 22.1 Å². The topological polar surface area (TPSA) is 81.9 Å². The Balaban J connectivity index is 1.14. The van der Waals surface area contributed by atoms with E-state index >= 15 is 0 Å². The molecule has 186 valence electrons. The van der Waals surface area contributed by atoms with E-state index < -0.39 is 0 Å². The van der Waals surface area contributed by atoms with Crippen molar-refractivity contribution in [3.05, 3.63) is 75.7 Å². The molecule has 2 bridgehead atoms. The van der Waals surface area contributed by atoms with Crippen LogP contribution in [0.3, 0.4) is 0 Å². The average molecular weight is 488 g/mol. The smallest absolute Gasteiger partial charge is 0.256 e. The van der Waals surface area contributed by atoms with Gasteiger partial charge in [-0.2, -0.15) is 0 Å². The maximum Gasteiger partial charge on any atom is 0.256 e. The minimum atomic E-state index is -0.299. The fourth-order valence-electron chi connectivity index (χ4n) is 5.87. The van der Waals surface area contributed by atoms with Crippen molar-refractivity contribution < 1.29 is 9.13 Å². The van der Waals surface area contributed by atoms with Gasteiger partial charge in [-0.05, 0) is 75.8 Å². The number of nitrogens with one attached hydrogen (secondary N) is 1. The largest absolute Gasteiger partial charge is 0.373 e.